The van der Waals surface area contributed by atoms with E-state index in [0.717, 1.165) is 6.07 Å². The fourth-order valence-electron chi connectivity index (χ4n) is 0.481. The Morgan fingerprint density at radius 3 is 2.83 bits per heavy atom. The van der Waals surface area contributed by atoms with Crippen molar-refractivity contribution in [1.29, 1.82) is 5.26 Å². The number of nitrogens with two attached hydrogens (primary N) is 1. The molecule has 3 N–H and O–H groups in total. The minimum Gasteiger partial charge on any atom is -0.378 e. The van der Waals surface area contributed by atoms with E-state index in [2.05, 4.69) is 14.9 Å². The predicted octanol–water partition coefficient (Wildman–Crippen LogP) is -1.10. The topological polar surface area (TPSA) is 129 Å². The third kappa shape index (κ3) is 1.16. The minimum atomic E-state index is -1.22. The number of carbonyl (C=O) groups is 1. The summed E-state index contributed by atoms with van der Waals surface area (Å²) in [5.41, 5.74) is 5.10. The van der Waals surface area contributed by atoms with Gasteiger partial charge in [0, 0.05) is 0 Å². The number of rotatable bonds is 1. The van der Waals surface area contributed by atoms with Crippen molar-refractivity contribution >= 4 is 17.5 Å². The molecule has 8 heteroatoms. The number of hydrogen-bond donors (Lipinski definition) is 2. The Hall–Kier alpha value is -2.14. The van der Waals surface area contributed by atoms with Crippen LogP contribution in [0.3, 0.4) is 0 Å². The molecule has 0 aliphatic heterocycles. The lowest BCUT2D eigenvalue weighted by Gasteiger charge is -2.04. The van der Waals surface area contributed by atoms with E-state index >= 15 is 0 Å². The number of hydrogen-bond acceptors (Lipinski definition) is 7. The number of amides is 1. The zero-order chi connectivity index (χ0) is 9.14. The van der Waals surface area contributed by atoms with Gasteiger partial charge in [-0.3, -0.25) is 10.0 Å². The van der Waals surface area contributed by atoms with Gasteiger partial charge in [-0.05, 0) is 10.3 Å². The number of nitrogens with zero attached hydrogens (tertiary/aromatic N) is 4. The highest BCUT2D eigenvalue weighted by atomic mass is 16.6. The maximum Gasteiger partial charge on any atom is 0.354 e. The molecule has 0 aromatic carbocycles. The summed E-state index contributed by atoms with van der Waals surface area (Å²) in [6.45, 7) is 0. The molecule has 12 heavy (non-hydrogen) atoms. The molecule has 0 bridgehead atoms. The van der Waals surface area contributed by atoms with Crippen molar-refractivity contribution < 1.29 is 14.6 Å². The molecule has 1 aromatic heterocycles. The van der Waals surface area contributed by atoms with Crippen molar-refractivity contribution in [3.8, 4) is 6.07 Å². The van der Waals surface area contributed by atoms with Gasteiger partial charge in [-0.25, -0.2) is 4.63 Å². The Labute approximate surface area is 65.7 Å². The van der Waals surface area contributed by atoms with Crippen LogP contribution in [0.2, 0.25) is 0 Å². The van der Waals surface area contributed by atoms with Crippen LogP contribution in [-0.4, -0.2) is 21.4 Å². The number of anilines is 2. The van der Waals surface area contributed by atoms with Crippen molar-refractivity contribution in [2.24, 2.45) is 0 Å². The number of carbonyl (C=O) groups excluding carboxylic acids is 1. The summed E-state index contributed by atoms with van der Waals surface area (Å²) in [5, 5.41) is 23.1. The molecule has 0 radical (unpaired) electrons. The SMILES string of the molecule is N#CC(=O)N(O)c1nonc1N. The van der Waals surface area contributed by atoms with Crippen molar-refractivity contribution in [2.75, 3.05) is 10.8 Å². The number of nitrogen functional groups attached to an aromatic ring is 1. The lowest BCUT2D eigenvalue weighted by Crippen LogP contribution is -2.26. The highest BCUT2D eigenvalue weighted by Gasteiger charge is 2.19. The number of nitriles is 1. The van der Waals surface area contributed by atoms with Crippen LogP contribution in [0.5, 0.6) is 0 Å². The smallest absolute Gasteiger partial charge is 0.354 e. The molecule has 0 fully saturated rings. The lowest BCUT2D eigenvalue weighted by molar-refractivity contribution is -0.118. The van der Waals surface area contributed by atoms with E-state index < -0.39 is 11.7 Å². The van der Waals surface area contributed by atoms with Crippen LogP contribution < -0.4 is 10.8 Å². The highest BCUT2D eigenvalue weighted by Crippen LogP contribution is 2.14. The minimum absolute atomic E-state index is 0.0498. The summed E-state index contributed by atoms with van der Waals surface area (Å²) in [5.74, 6) is -1.90. The summed E-state index contributed by atoms with van der Waals surface area (Å²) < 4.78 is 4.07. The van der Waals surface area contributed by atoms with E-state index in [1.165, 1.54) is 0 Å². The molecule has 0 atom stereocenters. The molecule has 0 aliphatic carbocycles. The molecule has 1 amide bonds. The summed E-state index contributed by atoms with van der Waals surface area (Å²) in [7, 11) is 0. The molecule has 1 rings (SSSR count). The van der Waals surface area contributed by atoms with Crippen LogP contribution in [0.15, 0.2) is 4.63 Å². The molecule has 0 unspecified atom stereocenters. The van der Waals surface area contributed by atoms with E-state index in [9.17, 15) is 4.79 Å². The van der Waals surface area contributed by atoms with Crippen molar-refractivity contribution in [3.63, 3.8) is 0 Å². The zero-order valence-corrected chi connectivity index (χ0v) is 5.63. The predicted molar refractivity (Wildman–Crippen MR) is 33.6 cm³/mol. The molecule has 62 valence electrons. The summed E-state index contributed by atoms with van der Waals surface area (Å²) >= 11 is 0. The normalized spacial score (nSPS) is 9.00. The van der Waals surface area contributed by atoms with Gasteiger partial charge >= 0.3 is 5.91 Å². The third-order valence-corrected chi connectivity index (χ3v) is 0.984. The maximum absolute atomic E-state index is 10.5. The van der Waals surface area contributed by atoms with Crippen LogP contribution in [0.4, 0.5) is 11.6 Å². The largest absolute Gasteiger partial charge is 0.378 e. The van der Waals surface area contributed by atoms with E-state index in [4.69, 9.17) is 16.2 Å². The maximum atomic E-state index is 10.5. The average Bonchev–Trinajstić information content (AvgIpc) is 2.48. The average molecular weight is 169 g/mol. The first kappa shape index (κ1) is 7.96. The molecular weight excluding hydrogens is 166 g/mol. The first-order valence-corrected chi connectivity index (χ1v) is 2.68. The van der Waals surface area contributed by atoms with Gasteiger partial charge in [-0.2, -0.15) is 10.3 Å². The van der Waals surface area contributed by atoms with Gasteiger partial charge < -0.3 is 5.73 Å². The van der Waals surface area contributed by atoms with E-state index in [1.54, 1.807) is 0 Å². The number of hydroxylamine groups is 1. The molecule has 0 aliphatic rings. The van der Waals surface area contributed by atoms with Gasteiger partial charge in [-0.1, -0.05) is 0 Å². The van der Waals surface area contributed by atoms with Gasteiger partial charge in [0.2, 0.25) is 11.6 Å². The van der Waals surface area contributed by atoms with Crippen LogP contribution in [0.1, 0.15) is 0 Å². The summed E-state index contributed by atoms with van der Waals surface area (Å²) in [6.07, 6.45) is 0. The van der Waals surface area contributed by atoms with E-state index in [0.29, 0.717) is 0 Å². The van der Waals surface area contributed by atoms with Gasteiger partial charge in [0.15, 0.2) is 6.07 Å². The van der Waals surface area contributed by atoms with Crippen LogP contribution in [0.25, 0.3) is 0 Å². The highest BCUT2D eigenvalue weighted by molar-refractivity contribution is 6.02. The van der Waals surface area contributed by atoms with Crippen LogP contribution in [-0.2, 0) is 4.79 Å². The zero-order valence-electron chi connectivity index (χ0n) is 5.63. The Morgan fingerprint density at radius 2 is 2.42 bits per heavy atom. The Kier molecular flexibility index (Phi) is 1.89. The Balaban J connectivity index is 2.94. The second kappa shape index (κ2) is 2.85. The molecule has 8 nitrogen and oxygen atoms in total. The molecule has 1 aromatic rings. The first-order chi connectivity index (χ1) is 5.66. The van der Waals surface area contributed by atoms with E-state index in [1.807, 2.05) is 0 Å². The fourth-order valence-corrected chi connectivity index (χ4v) is 0.481. The number of aromatic nitrogens is 2. The Morgan fingerprint density at radius 1 is 1.75 bits per heavy atom. The second-order valence-electron chi connectivity index (χ2n) is 1.70. The molecule has 1 heterocycles. The van der Waals surface area contributed by atoms with Crippen LogP contribution in [0, 0.1) is 11.3 Å². The molecule has 0 saturated heterocycles. The monoisotopic (exact) mass is 169 g/mol. The first-order valence-electron chi connectivity index (χ1n) is 2.68. The standard InChI is InChI=1S/C4H3N5O3/c5-1-2(10)9(11)4-3(6)7-12-8-4/h11H,(H2,6,7). The molecule has 0 saturated carbocycles. The lowest BCUT2D eigenvalue weighted by atomic mass is 10.6. The summed E-state index contributed by atoms with van der Waals surface area (Å²) in [6, 6.07) is 1.15. The molecular formula is C4H3N5O3. The van der Waals surface area contributed by atoms with Gasteiger partial charge in [-0.15, -0.1) is 0 Å². The van der Waals surface area contributed by atoms with Gasteiger partial charge in [0.25, 0.3) is 0 Å². The molecule has 0 spiro atoms. The quantitative estimate of drug-likeness (QED) is 0.310. The van der Waals surface area contributed by atoms with Crippen molar-refractivity contribution in [2.45, 2.75) is 0 Å². The van der Waals surface area contributed by atoms with Crippen molar-refractivity contribution in [3.05, 3.63) is 0 Å². The third-order valence-electron chi connectivity index (χ3n) is 0.984. The van der Waals surface area contributed by atoms with Gasteiger partial charge in [0.1, 0.15) is 0 Å². The fraction of sp³-hybridized carbons (Fsp3) is 0. The second-order valence-corrected chi connectivity index (χ2v) is 1.70. The summed E-state index contributed by atoms with van der Waals surface area (Å²) in [4.78, 5) is 10.5. The van der Waals surface area contributed by atoms with E-state index in [-0.39, 0.29) is 10.9 Å². The Bertz CT molecular complexity index is 339. The van der Waals surface area contributed by atoms with Crippen molar-refractivity contribution in [1.82, 2.24) is 10.3 Å². The van der Waals surface area contributed by atoms with Crippen LogP contribution >= 0.6 is 0 Å². The van der Waals surface area contributed by atoms with Gasteiger partial charge in [0.05, 0.1) is 0 Å².